The average Bonchev–Trinajstić information content (AvgIpc) is 2.98. The van der Waals surface area contributed by atoms with Crippen molar-refractivity contribution in [1.82, 2.24) is 24.1 Å². The van der Waals surface area contributed by atoms with E-state index in [2.05, 4.69) is 21.6 Å². The number of aromatic nitrogens is 5. The van der Waals surface area contributed by atoms with Crippen molar-refractivity contribution < 1.29 is 9.13 Å². The molecule has 0 aliphatic carbocycles. The van der Waals surface area contributed by atoms with Gasteiger partial charge in [-0.25, -0.2) is 18.9 Å². The fourth-order valence-corrected chi connectivity index (χ4v) is 2.35. The molecule has 0 saturated heterocycles. The van der Waals surface area contributed by atoms with E-state index < -0.39 is 5.83 Å². The predicted octanol–water partition coefficient (Wildman–Crippen LogP) is 2.30. The minimum Gasteiger partial charge on any atom is -0.479 e. The zero-order chi connectivity index (χ0) is 18.1. The van der Waals surface area contributed by atoms with E-state index in [1.165, 1.54) is 23.8 Å². The number of aryl methyl sites for hydroxylation is 1. The molecule has 0 bridgehead atoms. The van der Waals surface area contributed by atoms with Gasteiger partial charge in [-0.15, -0.1) is 0 Å². The third-order valence-electron chi connectivity index (χ3n) is 3.58. The van der Waals surface area contributed by atoms with E-state index in [0.717, 1.165) is 11.8 Å². The zero-order valence-corrected chi connectivity index (χ0v) is 14.0. The first-order chi connectivity index (χ1) is 11.9. The normalized spacial score (nSPS) is 11.4. The molecule has 0 aromatic carbocycles. The number of rotatable bonds is 4. The zero-order valence-electron chi connectivity index (χ0n) is 14.0. The van der Waals surface area contributed by atoms with E-state index in [0.29, 0.717) is 28.6 Å². The number of methoxy groups -OCH3 is 1. The minimum absolute atomic E-state index is 0.285. The molecule has 0 radical (unpaired) electrons. The summed E-state index contributed by atoms with van der Waals surface area (Å²) in [5.41, 5.74) is 1.96. The third kappa shape index (κ3) is 3.18. The van der Waals surface area contributed by atoms with Crippen molar-refractivity contribution in [2.75, 3.05) is 7.11 Å². The molecule has 3 heterocycles. The van der Waals surface area contributed by atoms with Crippen molar-refractivity contribution >= 4 is 11.6 Å². The number of ether oxygens (including phenoxy) is 1. The molecular weight excluding hydrogens is 325 g/mol. The summed E-state index contributed by atoms with van der Waals surface area (Å²) in [5, 5.41) is 4.43. The number of allylic oxidation sites excluding steroid dienone is 2. The topological polar surface area (TPSA) is 74.3 Å². The second-order valence-corrected chi connectivity index (χ2v) is 5.43. The highest BCUT2D eigenvalue weighted by molar-refractivity contribution is 5.67. The van der Waals surface area contributed by atoms with Gasteiger partial charge < -0.3 is 4.74 Å². The molecule has 128 valence electrons. The van der Waals surface area contributed by atoms with Crippen molar-refractivity contribution in [3.05, 3.63) is 58.7 Å². The molecule has 8 heteroatoms. The van der Waals surface area contributed by atoms with E-state index >= 15 is 0 Å². The second-order valence-electron chi connectivity index (χ2n) is 5.43. The third-order valence-corrected chi connectivity index (χ3v) is 3.58. The Morgan fingerprint density at radius 1 is 1.32 bits per heavy atom. The van der Waals surface area contributed by atoms with Crippen LogP contribution < -0.4 is 10.3 Å². The first-order valence-electron chi connectivity index (χ1n) is 7.41. The lowest BCUT2D eigenvalue weighted by Gasteiger charge is -2.04. The molecule has 0 fully saturated rings. The molecule has 0 aliphatic heterocycles. The van der Waals surface area contributed by atoms with Crippen molar-refractivity contribution in [3.8, 4) is 17.3 Å². The summed E-state index contributed by atoms with van der Waals surface area (Å²) in [4.78, 5) is 20.8. The lowest BCUT2D eigenvalue weighted by Crippen LogP contribution is -2.20. The maximum Gasteiger partial charge on any atom is 0.254 e. The smallest absolute Gasteiger partial charge is 0.254 e. The molecule has 3 aromatic heterocycles. The van der Waals surface area contributed by atoms with Crippen LogP contribution in [-0.4, -0.2) is 31.3 Å². The van der Waals surface area contributed by atoms with Crippen LogP contribution in [0, 0.1) is 6.92 Å². The number of nitrogens with zero attached hydrogens (tertiary/aromatic N) is 5. The van der Waals surface area contributed by atoms with Crippen LogP contribution in [0.3, 0.4) is 0 Å². The summed E-state index contributed by atoms with van der Waals surface area (Å²) in [6.07, 6.45) is 4.27. The van der Waals surface area contributed by atoms with E-state index in [1.54, 1.807) is 23.8 Å². The molecular formula is C17H16FN5O2. The van der Waals surface area contributed by atoms with Crippen LogP contribution in [0.5, 0.6) is 5.88 Å². The maximum absolute atomic E-state index is 12.9. The van der Waals surface area contributed by atoms with Crippen LogP contribution in [0.2, 0.25) is 0 Å². The van der Waals surface area contributed by atoms with Gasteiger partial charge >= 0.3 is 0 Å². The first-order valence-corrected chi connectivity index (χ1v) is 7.41. The van der Waals surface area contributed by atoms with E-state index in [-0.39, 0.29) is 5.56 Å². The second kappa shape index (κ2) is 6.31. The SMILES string of the molecule is C=C(F)/C=C\c1nc(-c2cc3c(OC)nc(C)cn3n2)cc(=O)n1C. The maximum atomic E-state index is 12.9. The number of fused-ring (bicyclic) bond motifs is 1. The molecule has 3 aromatic rings. The highest BCUT2D eigenvalue weighted by Gasteiger charge is 2.13. The van der Waals surface area contributed by atoms with Gasteiger partial charge in [0.05, 0.1) is 24.7 Å². The van der Waals surface area contributed by atoms with Gasteiger partial charge in [0.25, 0.3) is 5.56 Å². The largest absolute Gasteiger partial charge is 0.479 e. The van der Waals surface area contributed by atoms with Crippen LogP contribution in [-0.2, 0) is 7.05 Å². The summed E-state index contributed by atoms with van der Waals surface area (Å²) < 4.78 is 21.1. The van der Waals surface area contributed by atoms with Gasteiger partial charge in [-0.2, -0.15) is 5.10 Å². The van der Waals surface area contributed by atoms with E-state index in [9.17, 15) is 9.18 Å². The Morgan fingerprint density at radius 3 is 2.76 bits per heavy atom. The molecule has 7 nitrogen and oxygen atoms in total. The monoisotopic (exact) mass is 341 g/mol. The molecule has 0 unspecified atom stereocenters. The molecule has 0 amide bonds. The lowest BCUT2D eigenvalue weighted by molar-refractivity contribution is 0.399. The van der Waals surface area contributed by atoms with Gasteiger partial charge in [0, 0.05) is 13.1 Å². The van der Waals surface area contributed by atoms with Crippen LogP contribution in [0.1, 0.15) is 11.5 Å². The Kier molecular flexibility index (Phi) is 4.18. The lowest BCUT2D eigenvalue weighted by atomic mass is 10.2. The van der Waals surface area contributed by atoms with Crippen LogP contribution >= 0.6 is 0 Å². The molecule has 0 spiro atoms. The van der Waals surface area contributed by atoms with Crippen LogP contribution in [0.15, 0.2) is 41.6 Å². The molecule has 25 heavy (non-hydrogen) atoms. The summed E-state index contributed by atoms with van der Waals surface area (Å²) in [6, 6.07) is 3.10. The Bertz CT molecular complexity index is 1060. The average molecular weight is 341 g/mol. The first kappa shape index (κ1) is 16.6. The number of hydrogen-bond donors (Lipinski definition) is 0. The van der Waals surface area contributed by atoms with Gasteiger partial charge in [0.2, 0.25) is 5.88 Å². The molecule has 0 atom stereocenters. The Hall–Kier alpha value is -3.29. The van der Waals surface area contributed by atoms with E-state index in [1.807, 2.05) is 6.92 Å². The fourth-order valence-electron chi connectivity index (χ4n) is 2.35. The quantitative estimate of drug-likeness (QED) is 0.681. The number of hydrogen-bond acceptors (Lipinski definition) is 5. The predicted molar refractivity (Wildman–Crippen MR) is 92.0 cm³/mol. The van der Waals surface area contributed by atoms with Crippen LogP contribution in [0.4, 0.5) is 4.39 Å². The Balaban J connectivity index is 2.18. The summed E-state index contributed by atoms with van der Waals surface area (Å²) in [7, 11) is 3.08. The van der Waals surface area contributed by atoms with Crippen molar-refractivity contribution in [2.24, 2.45) is 7.05 Å². The van der Waals surface area contributed by atoms with Gasteiger partial charge in [0.1, 0.15) is 22.9 Å². The van der Waals surface area contributed by atoms with Crippen molar-refractivity contribution in [2.45, 2.75) is 6.92 Å². The Morgan fingerprint density at radius 2 is 2.08 bits per heavy atom. The van der Waals surface area contributed by atoms with Gasteiger partial charge in [0.15, 0.2) is 0 Å². The van der Waals surface area contributed by atoms with Gasteiger partial charge in [-0.3, -0.25) is 9.36 Å². The van der Waals surface area contributed by atoms with Gasteiger partial charge in [-0.05, 0) is 25.1 Å². The van der Waals surface area contributed by atoms with Crippen molar-refractivity contribution in [1.29, 1.82) is 0 Å². The fraction of sp³-hybridized carbons (Fsp3) is 0.176. The highest BCUT2D eigenvalue weighted by atomic mass is 19.1. The Labute approximate surface area is 142 Å². The summed E-state index contributed by atoms with van der Waals surface area (Å²) in [6.45, 7) is 4.98. The standard InChI is InChI=1S/C17H16FN5O2/c1-10(18)5-6-15-20-12(8-16(24)22(15)3)13-7-14-17(25-4)19-11(2)9-23(14)21-13/h5-9H,1H2,2-4H3/b6-5-. The molecule has 0 N–H and O–H groups in total. The van der Waals surface area contributed by atoms with E-state index in [4.69, 9.17) is 4.74 Å². The number of halogens is 1. The minimum atomic E-state index is -0.626. The summed E-state index contributed by atoms with van der Waals surface area (Å²) in [5.74, 6) is 0.0923. The van der Waals surface area contributed by atoms with Gasteiger partial charge in [-0.1, -0.05) is 6.58 Å². The molecule has 0 saturated carbocycles. The highest BCUT2D eigenvalue weighted by Crippen LogP contribution is 2.23. The summed E-state index contributed by atoms with van der Waals surface area (Å²) >= 11 is 0. The van der Waals surface area contributed by atoms with Crippen molar-refractivity contribution in [3.63, 3.8) is 0 Å². The van der Waals surface area contributed by atoms with Crippen LogP contribution in [0.25, 0.3) is 23.0 Å². The molecule has 0 aliphatic rings. The molecule has 3 rings (SSSR count).